The molecule has 0 rings (SSSR count). The van der Waals surface area contributed by atoms with Crippen molar-refractivity contribution in [2.45, 2.75) is 380 Å². The van der Waals surface area contributed by atoms with Gasteiger partial charge in [0.2, 0.25) is 0 Å². The maximum absolute atomic E-state index is 12.4. The fourth-order valence-electron chi connectivity index (χ4n) is 10.8. The number of hydrogen-bond acceptors (Lipinski definition) is 5. The molecule has 0 aromatic rings. The third-order valence-corrected chi connectivity index (χ3v) is 16.2. The molecule has 0 spiro atoms. The molecule has 0 aliphatic heterocycles. The number of ether oxygens (including phenoxy) is 2. The highest BCUT2D eigenvalue weighted by atomic mass is 16.6. The molecule has 5 nitrogen and oxygen atoms in total. The SMILES string of the molecule is CC/C=C\C/C=C\C/C=C\C/C=C\C/C=C\C/C=C\CCCCCCCCCCCCC(=O)OC(CO)COC(=O)CCCCCCCCCCCCCCCCCCCCCCCCCCCCC/C=C\CCCCCCCCCC. The fraction of sp³-hybridized carbons (Fsp3) is 0.792. The Kier molecular flexibility index (Phi) is 69.8. The van der Waals surface area contributed by atoms with Gasteiger partial charge in [0, 0.05) is 12.8 Å². The Morgan fingerprint density at radius 3 is 0.805 bits per heavy atom. The van der Waals surface area contributed by atoms with E-state index in [2.05, 4.69) is 98.9 Å². The summed E-state index contributed by atoms with van der Waals surface area (Å²) in [6, 6.07) is 0. The molecule has 0 aromatic heterocycles. The van der Waals surface area contributed by atoms with Crippen LogP contribution in [0, 0.1) is 0 Å². The van der Waals surface area contributed by atoms with Crippen LogP contribution in [0.1, 0.15) is 373 Å². The van der Waals surface area contributed by atoms with Gasteiger partial charge in [0.15, 0.2) is 6.10 Å². The zero-order valence-electron chi connectivity index (χ0n) is 54.8. The molecule has 0 bridgehead atoms. The lowest BCUT2D eigenvalue weighted by atomic mass is 10.0. The summed E-state index contributed by atoms with van der Waals surface area (Å²) < 4.78 is 10.8. The van der Waals surface area contributed by atoms with E-state index in [0.29, 0.717) is 12.8 Å². The first kappa shape index (κ1) is 79.1. The number of hydrogen-bond donors (Lipinski definition) is 1. The van der Waals surface area contributed by atoms with Crippen molar-refractivity contribution in [3.8, 4) is 0 Å². The highest BCUT2D eigenvalue weighted by Crippen LogP contribution is 2.18. The number of carbonyl (C=O) groups excluding carboxylic acids is 2. The number of aliphatic hydroxyl groups excluding tert-OH is 1. The molecule has 0 radical (unpaired) electrons. The van der Waals surface area contributed by atoms with Gasteiger partial charge in [0.1, 0.15) is 6.61 Å². The van der Waals surface area contributed by atoms with Crippen molar-refractivity contribution >= 4 is 11.9 Å². The summed E-state index contributed by atoms with van der Waals surface area (Å²) in [6.45, 7) is 4.06. The third-order valence-electron chi connectivity index (χ3n) is 16.2. The maximum Gasteiger partial charge on any atom is 0.306 e. The van der Waals surface area contributed by atoms with Crippen molar-refractivity contribution in [2.75, 3.05) is 13.2 Å². The fourth-order valence-corrected chi connectivity index (χ4v) is 10.8. The van der Waals surface area contributed by atoms with Gasteiger partial charge in [0.05, 0.1) is 6.61 Å². The average molecular weight is 1140 g/mol. The van der Waals surface area contributed by atoms with E-state index >= 15 is 0 Å². The van der Waals surface area contributed by atoms with Gasteiger partial charge < -0.3 is 14.6 Å². The van der Waals surface area contributed by atoms with E-state index in [0.717, 1.165) is 77.0 Å². The molecule has 1 unspecified atom stereocenters. The second kappa shape index (κ2) is 72.3. The lowest BCUT2D eigenvalue weighted by Crippen LogP contribution is -2.28. The minimum absolute atomic E-state index is 0.0670. The smallest absolute Gasteiger partial charge is 0.306 e. The van der Waals surface area contributed by atoms with E-state index in [1.54, 1.807) is 0 Å². The van der Waals surface area contributed by atoms with E-state index in [9.17, 15) is 14.7 Å². The molecule has 0 aliphatic rings. The van der Waals surface area contributed by atoms with E-state index in [1.165, 1.54) is 270 Å². The molecule has 0 aromatic carbocycles. The summed E-state index contributed by atoms with van der Waals surface area (Å²) >= 11 is 0. The lowest BCUT2D eigenvalue weighted by Gasteiger charge is -2.15. The van der Waals surface area contributed by atoms with Crippen LogP contribution in [-0.2, 0) is 19.1 Å². The van der Waals surface area contributed by atoms with Gasteiger partial charge in [0.25, 0.3) is 0 Å². The molecule has 0 aliphatic carbocycles. The van der Waals surface area contributed by atoms with Crippen LogP contribution >= 0.6 is 0 Å². The van der Waals surface area contributed by atoms with Crippen molar-refractivity contribution in [2.24, 2.45) is 0 Å². The number of unbranched alkanes of at least 4 members (excludes halogenated alkanes) is 45. The molecule has 0 saturated heterocycles. The molecule has 1 N–H and O–H groups in total. The number of allylic oxidation sites excluding steroid dienone is 14. The summed E-state index contributed by atoms with van der Waals surface area (Å²) in [5.74, 6) is -0.582. The molecular formula is C77H138O5. The second-order valence-electron chi connectivity index (χ2n) is 24.3. The topological polar surface area (TPSA) is 72.8 Å². The summed E-state index contributed by atoms with van der Waals surface area (Å²) in [5.41, 5.74) is 0. The normalized spacial score (nSPS) is 12.7. The van der Waals surface area contributed by atoms with Crippen LogP contribution in [0.25, 0.3) is 0 Å². The maximum atomic E-state index is 12.4. The second-order valence-corrected chi connectivity index (χ2v) is 24.3. The summed E-state index contributed by atoms with van der Waals surface area (Å²) in [7, 11) is 0. The van der Waals surface area contributed by atoms with Crippen LogP contribution in [0.3, 0.4) is 0 Å². The Bertz CT molecular complexity index is 1480. The Labute approximate surface area is 511 Å². The average Bonchev–Trinajstić information content (AvgIpc) is 3.49. The van der Waals surface area contributed by atoms with Crippen molar-refractivity contribution in [3.63, 3.8) is 0 Å². The highest BCUT2D eigenvalue weighted by Gasteiger charge is 2.16. The van der Waals surface area contributed by atoms with Gasteiger partial charge in [-0.15, -0.1) is 0 Å². The Morgan fingerprint density at radius 2 is 0.524 bits per heavy atom. The van der Waals surface area contributed by atoms with Gasteiger partial charge in [-0.1, -0.05) is 356 Å². The first-order valence-electron chi connectivity index (χ1n) is 36.1. The minimum Gasteiger partial charge on any atom is -0.462 e. The zero-order valence-corrected chi connectivity index (χ0v) is 54.8. The van der Waals surface area contributed by atoms with Crippen LogP contribution < -0.4 is 0 Å². The zero-order chi connectivity index (χ0) is 59.1. The monoisotopic (exact) mass is 1140 g/mol. The van der Waals surface area contributed by atoms with Gasteiger partial charge in [-0.2, -0.15) is 0 Å². The van der Waals surface area contributed by atoms with Crippen LogP contribution in [0.4, 0.5) is 0 Å². The van der Waals surface area contributed by atoms with Crippen LogP contribution in [-0.4, -0.2) is 36.4 Å². The molecular weight excluding hydrogens is 1000 g/mol. The van der Waals surface area contributed by atoms with Crippen LogP contribution in [0.5, 0.6) is 0 Å². The van der Waals surface area contributed by atoms with E-state index in [4.69, 9.17) is 9.47 Å². The molecule has 82 heavy (non-hydrogen) atoms. The Morgan fingerprint density at radius 1 is 0.293 bits per heavy atom. The van der Waals surface area contributed by atoms with Crippen molar-refractivity contribution in [1.82, 2.24) is 0 Å². The standard InChI is InChI=1S/C77H138O5/c1-3-5-7-9-11-13-15-17-19-21-23-25-27-29-31-33-34-35-36-37-38-39-40-41-42-44-45-47-49-51-53-55-57-59-61-63-65-67-69-71-76(79)81-74-75(73-78)82-77(80)72-70-68-66-64-62-60-58-56-54-52-50-48-46-43-32-30-28-26-24-22-20-18-16-14-12-10-8-6-4-2/h6,8,12,14,18,20-21,23-24,26,30,32,46,48,75,78H,3-5,7,9-11,13,15-17,19,22,25,27-29,31,33-45,47,49-74H2,1-2H3/b8-6-,14-12-,20-18-,23-21-,26-24-,32-30-,48-46-. The van der Waals surface area contributed by atoms with Gasteiger partial charge in [-0.25, -0.2) is 0 Å². The van der Waals surface area contributed by atoms with Crippen molar-refractivity contribution < 1.29 is 24.2 Å². The van der Waals surface area contributed by atoms with E-state index < -0.39 is 6.10 Å². The van der Waals surface area contributed by atoms with Crippen molar-refractivity contribution in [1.29, 1.82) is 0 Å². The number of rotatable bonds is 67. The Hall–Kier alpha value is -2.92. The molecule has 0 amide bonds. The van der Waals surface area contributed by atoms with Gasteiger partial charge >= 0.3 is 11.9 Å². The molecule has 5 heteroatoms. The molecule has 0 heterocycles. The molecule has 0 fully saturated rings. The molecule has 476 valence electrons. The largest absolute Gasteiger partial charge is 0.462 e. The summed E-state index contributed by atoms with van der Waals surface area (Å²) in [5, 5.41) is 9.70. The van der Waals surface area contributed by atoms with Crippen LogP contribution in [0.2, 0.25) is 0 Å². The first-order valence-corrected chi connectivity index (χ1v) is 36.1. The molecule has 0 saturated carbocycles. The van der Waals surface area contributed by atoms with Crippen molar-refractivity contribution in [3.05, 3.63) is 85.1 Å². The number of aliphatic hydroxyl groups is 1. The minimum atomic E-state index is -0.779. The van der Waals surface area contributed by atoms with Crippen LogP contribution in [0.15, 0.2) is 85.1 Å². The Balaban J connectivity index is 3.42. The first-order chi connectivity index (χ1) is 40.6. The number of carbonyl (C=O) groups is 2. The third kappa shape index (κ3) is 69.6. The van der Waals surface area contributed by atoms with Gasteiger partial charge in [-0.05, 0) is 89.9 Å². The summed E-state index contributed by atoms with van der Waals surface area (Å²) in [6.07, 6.45) is 102. The van der Waals surface area contributed by atoms with Gasteiger partial charge in [-0.3, -0.25) is 9.59 Å². The van der Waals surface area contributed by atoms with E-state index in [-0.39, 0.29) is 25.2 Å². The molecule has 1 atom stereocenters. The predicted molar refractivity (Wildman–Crippen MR) is 362 cm³/mol. The van der Waals surface area contributed by atoms with E-state index in [1.807, 2.05) is 0 Å². The summed E-state index contributed by atoms with van der Waals surface area (Å²) in [4.78, 5) is 24.7. The number of esters is 2. The highest BCUT2D eigenvalue weighted by molar-refractivity contribution is 5.70. The predicted octanol–water partition coefficient (Wildman–Crippen LogP) is 25.2. The lowest BCUT2D eigenvalue weighted by molar-refractivity contribution is -0.161. The quantitative estimate of drug-likeness (QED) is 0.0373.